The molecular weight excluding hydrogens is 362 g/mol. The minimum Gasteiger partial charge on any atom is -0.487 e. The zero-order valence-electron chi connectivity index (χ0n) is 14.6. The Bertz CT molecular complexity index is 1100. The molecule has 4 aromatic rings. The Morgan fingerprint density at radius 2 is 1.89 bits per heavy atom. The highest BCUT2D eigenvalue weighted by molar-refractivity contribution is 6.29. The van der Waals surface area contributed by atoms with Crippen LogP contribution in [-0.4, -0.2) is 19.9 Å². The second kappa shape index (κ2) is 7.55. The lowest BCUT2D eigenvalue weighted by Gasteiger charge is -2.11. The number of rotatable bonds is 5. The number of pyridine rings is 2. The molecule has 0 spiro atoms. The highest BCUT2D eigenvalue weighted by Gasteiger charge is 2.06. The van der Waals surface area contributed by atoms with E-state index >= 15 is 0 Å². The van der Waals surface area contributed by atoms with Crippen LogP contribution in [0.3, 0.4) is 0 Å². The van der Waals surface area contributed by atoms with Crippen LogP contribution in [0.15, 0.2) is 60.9 Å². The Hall–Kier alpha value is -3.25. The molecule has 27 heavy (non-hydrogen) atoms. The fourth-order valence-electron chi connectivity index (χ4n) is 2.63. The molecule has 0 saturated carbocycles. The molecule has 4 rings (SSSR count). The summed E-state index contributed by atoms with van der Waals surface area (Å²) < 4.78 is 5.82. The molecule has 0 atom stereocenters. The number of nitrogens with one attached hydrogen (secondary N) is 1. The molecule has 0 aliphatic rings. The maximum Gasteiger partial charge on any atom is 0.164 e. The Labute approximate surface area is 161 Å². The quantitative estimate of drug-likeness (QED) is 0.508. The van der Waals surface area contributed by atoms with E-state index in [1.807, 2.05) is 55.5 Å². The molecule has 0 aliphatic heterocycles. The first-order valence-corrected chi connectivity index (χ1v) is 8.75. The van der Waals surface area contributed by atoms with Crippen molar-refractivity contribution in [2.24, 2.45) is 0 Å². The lowest BCUT2D eigenvalue weighted by molar-refractivity contribution is 0.301. The first kappa shape index (κ1) is 17.2. The standard InChI is InChI=1S/C20H16ClN5O/c1-13-8-9-17-19(24-13)22-12-23-20(17)26-14-4-2-6-16(10-14)27-11-15-5-3-7-18(21)25-15/h2-10,12H,11H2,1H3,(H,22,23,24,26). The van der Waals surface area contributed by atoms with Gasteiger partial charge in [-0.25, -0.2) is 19.9 Å². The Kier molecular flexibility index (Phi) is 4.80. The van der Waals surface area contributed by atoms with E-state index in [1.165, 1.54) is 6.33 Å². The average Bonchev–Trinajstić information content (AvgIpc) is 2.67. The molecular formula is C20H16ClN5O. The van der Waals surface area contributed by atoms with Crippen molar-refractivity contribution < 1.29 is 4.74 Å². The zero-order valence-corrected chi connectivity index (χ0v) is 15.3. The summed E-state index contributed by atoms with van der Waals surface area (Å²) in [7, 11) is 0. The Morgan fingerprint density at radius 3 is 2.78 bits per heavy atom. The summed E-state index contributed by atoms with van der Waals surface area (Å²) in [6.07, 6.45) is 1.50. The number of aryl methyl sites for hydroxylation is 1. The van der Waals surface area contributed by atoms with Crippen LogP contribution < -0.4 is 10.1 Å². The first-order chi connectivity index (χ1) is 13.2. The van der Waals surface area contributed by atoms with Gasteiger partial charge < -0.3 is 10.1 Å². The summed E-state index contributed by atoms with van der Waals surface area (Å²) in [5.74, 6) is 1.41. The molecule has 3 heterocycles. The minimum absolute atomic E-state index is 0.337. The van der Waals surface area contributed by atoms with E-state index in [-0.39, 0.29) is 0 Å². The fourth-order valence-corrected chi connectivity index (χ4v) is 2.81. The van der Waals surface area contributed by atoms with Crippen LogP contribution in [0.1, 0.15) is 11.4 Å². The van der Waals surface area contributed by atoms with E-state index < -0.39 is 0 Å². The van der Waals surface area contributed by atoms with Crippen LogP contribution in [0, 0.1) is 6.92 Å². The van der Waals surface area contributed by atoms with Gasteiger partial charge in [0.15, 0.2) is 5.65 Å². The number of nitrogens with zero attached hydrogens (tertiary/aromatic N) is 4. The predicted octanol–water partition coefficient (Wildman–Crippen LogP) is 4.70. The maximum atomic E-state index is 5.91. The van der Waals surface area contributed by atoms with Gasteiger partial charge in [0.1, 0.15) is 29.7 Å². The third-order valence-electron chi connectivity index (χ3n) is 3.89. The van der Waals surface area contributed by atoms with Gasteiger partial charge in [0.05, 0.1) is 11.1 Å². The number of benzene rings is 1. The third-order valence-corrected chi connectivity index (χ3v) is 4.10. The molecule has 0 amide bonds. The van der Waals surface area contributed by atoms with E-state index in [1.54, 1.807) is 6.07 Å². The smallest absolute Gasteiger partial charge is 0.164 e. The molecule has 0 fully saturated rings. The lowest BCUT2D eigenvalue weighted by Crippen LogP contribution is -2.00. The number of hydrogen-bond acceptors (Lipinski definition) is 6. The molecule has 7 heteroatoms. The molecule has 0 unspecified atom stereocenters. The first-order valence-electron chi connectivity index (χ1n) is 8.37. The SMILES string of the molecule is Cc1ccc2c(Nc3cccc(OCc4cccc(Cl)n4)c3)ncnc2n1. The van der Waals surface area contributed by atoms with E-state index in [2.05, 4.69) is 25.3 Å². The molecule has 0 radical (unpaired) electrons. The van der Waals surface area contributed by atoms with E-state index in [9.17, 15) is 0 Å². The van der Waals surface area contributed by atoms with Gasteiger partial charge in [-0.3, -0.25) is 0 Å². The Morgan fingerprint density at radius 1 is 1.00 bits per heavy atom. The maximum absolute atomic E-state index is 5.91. The van der Waals surface area contributed by atoms with Crippen molar-refractivity contribution in [2.45, 2.75) is 13.5 Å². The van der Waals surface area contributed by atoms with E-state index in [4.69, 9.17) is 16.3 Å². The summed E-state index contributed by atoms with van der Waals surface area (Å²) in [6, 6.07) is 17.0. The number of anilines is 2. The molecule has 0 bridgehead atoms. The number of fused-ring (bicyclic) bond motifs is 1. The van der Waals surface area contributed by atoms with Gasteiger partial charge in [0.25, 0.3) is 0 Å². The van der Waals surface area contributed by atoms with E-state index in [0.29, 0.717) is 29.0 Å². The number of ether oxygens (including phenoxy) is 1. The molecule has 0 aliphatic carbocycles. The summed E-state index contributed by atoms with van der Waals surface area (Å²) in [5.41, 5.74) is 3.19. The summed E-state index contributed by atoms with van der Waals surface area (Å²) in [6.45, 7) is 2.27. The molecule has 1 aromatic carbocycles. The van der Waals surface area contributed by atoms with Crippen molar-refractivity contribution in [1.29, 1.82) is 0 Å². The monoisotopic (exact) mass is 377 g/mol. The summed E-state index contributed by atoms with van der Waals surface area (Å²) in [5, 5.41) is 4.62. The summed E-state index contributed by atoms with van der Waals surface area (Å²) >= 11 is 5.91. The number of hydrogen-bond donors (Lipinski definition) is 1. The second-order valence-corrected chi connectivity index (χ2v) is 6.33. The van der Waals surface area contributed by atoms with Crippen molar-refractivity contribution in [1.82, 2.24) is 19.9 Å². The second-order valence-electron chi connectivity index (χ2n) is 5.94. The number of halogens is 1. The van der Waals surface area contributed by atoms with E-state index in [0.717, 1.165) is 22.5 Å². The van der Waals surface area contributed by atoms with Gasteiger partial charge in [-0.15, -0.1) is 0 Å². The van der Waals surface area contributed by atoms with Gasteiger partial charge in [0.2, 0.25) is 0 Å². The van der Waals surface area contributed by atoms with Crippen molar-refractivity contribution in [3.8, 4) is 5.75 Å². The van der Waals surface area contributed by atoms with Crippen molar-refractivity contribution in [3.63, 3.8) is 0 Å². The van der Waals surface area contributed by atoms with Crippen LogP contribution >= 0.6 is 11.6 Å². The minimum atomic E-state index is 0.337. The van der Waals surface area contributed by atoms with Gasteiger partial charge in [-0.1, -0.05) is 23.7 Å². The van der Waals surface area contributed by atoms with Crippen LogP contribution in [0.5, 0.6) is 5.75 Å². The predicted molar refractivity (Wildman–Crippen MR) is 105 cm³/mol. The largest absolute Gasteiger partial charge is 0.487 e. The molecule has 0 saturated heterocycles. The van der Waals surface area contributed by atoms with Crippen LogP contribution in [0.2, 0.25) is 5.15 Å². The zero-order chi connectivity index (χ0) is 18.6. The third kappa shape index (κ3) is 4.12. The van der Waals surface area contributed by atoms with Crippen LogP contribution in [0.4, 0.5) is 11.5 Å². The molecule has 134 valence electrons. The molecule has 1 N–H and O–H groups in total. The van der Waals surface area contributed by atoms with Crippen molar-refractivity contribution in [3.05, 3.63) is 77.5 Å². The number of aromatic nitrogens is 4. The van der Waals surface area contributed by atoms with Gasteiger partial charge in [0, 0.05) is 17.4 Å². The highest BCUT2D eigenvalue weighted by atomic mass is 35.5. The van der Waals surface area contributed by atoms with Gasteiger partial charge >= 0.3 is 0 Å². The van der Waals surface area contributed by atoms with Crippen LogP contribution in [-0.2, 0) is 6.61 Å². The topological polar surface area (TPSA) is 72.8 Å². The normalized spacial score (nSPS) is 10.7. The fraction of sp³-hybridized carbons (Fsp3) is 0.100. The Balaban J connectivity index is 1.53. The van der Waals surface area contributed by atoms with Gasteiger partial charge in [-0.05, 0) is 43.3 Å². The average molecular weight is 378 g/mol. The van der Waals surface area contributed by atoms with Crippen molar-refractivity contribution >= 4 is 34.1 Å². The highest BCUT2D eigenvalue weighted by Crippen LogP contribution is 2.25. The van der Waals surface area contributed by atoms with Gasteiger partial charge in [-0.2, -0.15) is 0 Å². The van der Waals surface area contributed by atoms with Crippen LogP contribution in [0.25, 0.3) is 11.0 Å². The van der Waals surface area contributed by atoms with Crippen molar-refractivity contribution in [2.75, 3.05) is 5.32 Å². The lowest BCUT2D eigenvalue weighted by atomic mass is 10.2. The summed E-state index contributed by atoms with van der Waals surface area (Å²) in [4.78, 5) is 17.2. The molecule has 6 nitrogen and oxygen atoms in total. The molecule has 3 aromatic heterocycles.